The molecular formula is C19H18N4O7S2. The second kappa shape index (κ2) is 8.67. The minimum Gasteiger partial charge on any atom is -0.489 e. The number of nitrogens with two attached hydrogens (primary N) is 1. The van der Waals surface area contributed by atoms with Crippen LogP contribution in [0.4, 0.5) is 5.13 Å². The van der Waals surface area contributed by atoms with Crippen LogP contribution in [0.2, 0.25) is 0 Å². The molecule has 0 aromatic carbocycles. The van der Waals surface area contributed by atoms with Gasteiger partial charge in [-0.25, -0.2) is 9.78 Å². The highest BCUT2D eigenvalue weighted by molar-refractivity contribution is 8.00. The maximum Gasteiger partial charge on any atom is 0.352 e. The maximum atomic E-state index is 13.1. The number of hydrogen-bond donors (Lipinski definition) is 3. The van der Waals surface area contributed by atoms with Crippen LogP contribution in [0.1, 0.15) is 12.6 Å². The number of ether oxygens (including phenoxy) is 2. The van der Waals surface area contributed by atoms with E-state index in [0.29, 0.717) is 23.6 Å². The van der Waals surface area contributed by atoms with Gasteiger partial charge >= 0.3 is 11.9 Å². The largest absolute Gasteiger partial charge is 0.489 e. The Morgan fingerprint density at radius 3 is 2.81 bits per heavy atom. The summed E-state index contributed by atoms with van der Waals surface area (Å²) in [7, 11) is 0. The van der Waals surface area contributed by atoms with Gasteiger partial charge in [0.05, 0.1) is 5.69 Å². The molecule has 4 rings (SSSR count). The first-order valence-corrected chi connectivity index (χ1v) is 11.3. The van der Waals surface area contributed by atoms with E-state index in [2.05, 4.69) is 10.3 Å². The molecule has 0 radical (unpaired) electrons. The number of nitrogen functional groups attached to an aromatic ring is 1. The summed E-state index contributed by atoms with van der Waals surface area (Å²) in [6.07, 6.45) is 3.38. The molecule has 1 aromatic rings. The molecular weight excluding hydrogens is 460 g/mol. The van der Waals surface area contributed by atoms with Crippen LogP contribution in [-0.4, -0.2) is 69.1 Å². The molecule has 3 aliphatic heterocycles. The van der Waals surface area contributed by atoms with Crippen LogP contribution < -0.4 is 11.1 Å². The van der Waals surface area contributed by atoms with Crippen LogP contribution in [-0.2, 0) is 28.7 Å². The predicted octanol–water partition coefficient (Wildman–Crippen LogP) is 0.325. The van der Waals surface area contributed by atoms with Crippen molar-refractivity contribution in [2.24, 2.45) is 0 Å². The first kappa shape index (κ1) is 21.9. The van der Waals surface area contributed by atoms with E-state index >= 15 is 0 Å². The quantitative estimate of drug-likeness (QED) is 0.295. The Hall–Kier alpha value is -3.32. The predicted molar refractivity (Wildman–Crippen MR) is 115 cm³/mol. The normalized spacial score (nSPS) is 23.3. The molecule has 2 atom stereocenters. The minimum atomic E-state index is -1.30. The van der Waals surface area contributed by atoms with E-state index in [0.717, 1.165) is 16.2 Å². The van der Waals surface area contributed by atoms with Gasteiger partial charge in [-0.15, -0.1) is 23.1 Å². The van der Waals surface area contributed by atoms with Gasteiger partial charge in [0.1, 0.15) is 41.7 Å². The molecule has 4 heterocycles. The summed E-state index contributed by atoms with van der Waals surface area (Å²) in [6, 6.07) is -0.936. The molecule has 1 aromatic heterocycles. The van der Waals surface area contributed by atoms with Crippen molar-refractivity contribution in [3.05, 3.63) is 40.3 Å². The van der Waals surface area contributed by atoms with E-state index in [9.17, 15) is 24.3 Å². The Morgan fingerprint density at radius 1 is 1.44 bits per heavy atom. The Morgan fingerprint density at radius 2 is 2.22 bits per heavy atom. The van der Waals surface area contributed by atoms with Crippen LogP contribution in [0.25, 0.3) is 5.57 Å². The van der Waals surface area contributed by atoms with Gasteiger partial charge in [0.15, 0.2) is 5.13 Å². The maximum absolute atomic E-state index is 13.1. The number of carboxylic acid groups (broad SMARTS) is 1. The van der Waals surface area contributed by atoms with E-state index in [1.54, 1.807) is 17.5 Å². The van der Waals surface area contributed by atoms with Crippen molar-refractivity contribution in [1.82, 2.24) is 15.2 Å². The van der Waals surface area contributed by atoms with Crippen molar-refractivity contribution >= 4 is 57.6 Å². The highest BCUT2D eigenvalue weighted by atomic mass is 32.2. The zero-order valence-electron chi connectivity index (χ0n) is 16.7. The van der Waals surface area contributed by atoms with Crippen LogP contribution in [0.15, 0.2) is 34.6 Å². The van der Waals surface area contributed by atoms with Crippen molar-refractivity contribution in [3.63, 3.8) is 0 Å². The monoisotopic (exact) mass is 478 g/mol. The van der Waals surface area contributed by atoms with Gasteiger partial charge in [0.2, 0.25) is 0 Å². The molecule has 0 bridgehead atoms. The SMILES string of the molecule is CC(=O)OCC1=C(C(=O)O)N2C(=O)C(NC(=O)/C(=C3\C=CCO3)c3csc(N)n3)[C@@H]2SC1. The van der Waals surface area contributed by atoms with Crippen LogP contribution in [0, 0.1) is 0 Å². The van der Waals surface area contributed by atoms with E-state index in [1.165, 1.54) is 18.7 Å². The number of nitrogens with one attached hydrogen (secondary N) is 1. The molecule has 0 spiro atoms. The number of thiazole rings is 1. The van der Waals surface area contributed by atoms with Gasteiger partial charge in [0.25, 0.3) is 11.8 Å². The van der Waals surface area contributed by atoms with Gasteiger partial charge in [-0.2, -0.15) is 0 Å². The molecule has 13 heteroatoms. The number of carboxylic acids is 1. The molecule has 32 heavy (non-hydrogen) atoms. The fourth-order valence-electron chi connectivity index (χ4n) is 3.45. The van der Waals surface area contributed by atoms with Crippen LogP contribution >= 0.6 is 23.1 Å². The molecule has 2 amide bonds. The van der Waals surface area contributed by atoms with E-state index in [1.807, 2.05) is 0 Å². The lowest BCUT2D eigenvalue weighted by atomic mass is 10.0. The lowest BCUT2D eigenvalue weighted by Gasteiger charge is -2.49. The summed E-state index contributed by atoms with van der Waals surface area (Å²) < 4.78 is 10.4. The number of hydrogen-bond acceptors (Lipinski definition) is 10. The van der Waals surface area contributed by atoms with Crippen molar-refractivity contribution in [3.8, 4) is 0 Å². The van der Waals surface area contributed by atoms with Crippen molar-refractivity contribution in [1.29, 1.82) is 0 Å². The first-order valence-electron chi connectivity index (χ1n) is 9.37. The number of carbonyl (C=O) groups is 4. The standard InChI is InChI=1S/C19H18N4O7S2/c1-8(24)30-5-9-6-31-17-13(16(26)23(17)14(9)18(27)28)22-15(25)12(11-3-2-4-29-11)10-7-32-19(20)21-10/h2-3,7,13,17H,4-6H2,1H3,(H2,20,21)(H,22,25)(H,27,28)/b12-11+/t13?,17-/m0/s1. The lowest BCUT2D eigenvalue weighted by Crippen LogP contribution is -2.70. The number of β-lactam (4-membered cyclic amide) rings is 1. The Bertz CT molecular complexity index is 1110. The zero-order valence-corrected chi connectivity index (χ0v) is 18.3. The molecule has 168 valence electrons. The second-order valence-electron chi connectivity index (χ2n) is 6.92. The molecule has 1 saturated heterocycles. The number of carbonyl (C=O) groups excluding carboxylic acids is 3. The van der Waals surface area contributed by atoms with Crippen molar-refractivity contribution in [2.75, 3.05) is 24.7 Å². The number of rotatable bonds is 6. The third-order valence-electron chi connectivity index (χ3n) is 4.84. The van der Waals surface area contributed by atoms with Gasteiger partial charge in [0, 0.05) is 23.6 Å². The van der Waals surface area contributed by atoms with E-state index < -0.39 is 35.2 Å². The summed E-state index contributed by atoms with van der Waals surface area (Å²) in [4.78, 5) is 54.1. The van der Waals surface area contributed by atoms with Crippen LogP contribution in [0.5, 0.6) is 0 Å². The number of amides is 2. The molecule has 1 unspecified atom stereocenters. The number of aromatic nitrogens is 1. The lowest BCUT2D eigenvalue weighted by molar-refractivity contribution is -0.150. The van der Waals surface area contributed by atoms with Crippen molar-refractivity contribution in [2.45, 2.75) is 18.3 Å². The smallest absolute Gasteiger partial charge is 0.352 e. The first-order chi connectivity index (χ1) is 15.3. The summed E-state index contributed by atoms with van der Waals surface area (Å²) in [5, 5.41) is 13.6. The summed E-state index contributed by atoms with van der Waals surface area (Å²) >= 11 is 2.44. The molecule has 4 N–H and O–H groups in total. The summed E-state index contributed by atoms with van der Waals surface area (Å²) in [6.45, 7) is 1.30. The molecule has 0 saturated carbocycles. The summed E-state index contributed by atoms with van der Waals surface area (Å²) in [5.41, 5.74) is 6.26. The Balaban J connectivity index is 1.55. The van der Waals surface area contributed by atoms with Gasteiger partial charge in [-0.3, -0.25) is 19.3 Å². The second-order valence-corrected chi connectivity index (χ2v) is 8.92. The number of allylic oxidation sites excluding steroid dienone is 1. The summed E-state index contributed by atoms with van der Waals surface area (Å²) in [5.74, 6) is -2.47. The van der Waals surface area contributed by atoms with Crippen molar-refractivity contribution < 1.29 is 33.8 Å². The number of aliphatic carboxylic acids is 1. The molecule has 1 fully saturated rings. The number of fused-ring (bicyclic) bond motifs is 1. The molecule has 0 aliphatic carbocycles. The number of anilines is 1. The van der Waals surface area contributed by atoms with Gasteiger partial charge in [-0.1, -0.05) is 0 Å². The minimum absolute atomic E-state index is 0.142. The Labute approximate surface area is 189 Å². The fraction of sp³-hybridized carbons (Fsp3) is 0.316. The highest BCUT2D eigenvalue weighted by Gasteiger charge is 2.54. The highest BCUT2D eigenvalue weighted by Crippen LogP contribution is 2.40. The average Bonchev–Trinajstić information content (AvgIpc) is 3.42. The Kier molecular flexibility index (Phi) is 5.93. The average molecular weight is 479 g/mol. The molecule has 11 nitrogen and oxygen atoms in total. The number of nitrogens with zero attached hydrogens (tertiary/aromatic N) is 2. The molecule has 3 aliphatic rings. The third-order valence-corrected chi connectivity index (χ3v) is 6.86. The van der Waals surface area contributed by atoms with Gasteiger partial charge < -0.3 is 25.6 Å². The van der Waals surface area contributed by atoms with Crippen LogP contribution in [0.3, 0.4) is 0 Å². The number of thioether (sulfide) groups is 1. The van der Waals surface area contributed by atoms with E-state index in [4.69, 9.17) is 15.2 Å². The van der Waals surface area contributed by atoms with Gasteiger partial charge in [-0.05, 0) is 12.2 Å². The van der Waals surface area contributed by atoms with E-state index in [-0.39, 0.29) is 28.8 Å². The number of esters is 1. The third kappa shape index (κ3) is 3.96. The topological polar surface area (TPSA) is 161 Å². The zero-order chi connectivity index (χ0) is 23.0. The fourth-order valence-corrected chi connectivity index (χ4v) is 5.33.